The van der Waals surface area contributed by atoms with Crippen molar-refractivity contribution >= 4 is 11.0 Å². The number of hydrogen-bond acceptors (Lipinski definition) is 4. The van der Waals surface area contributed by atoms with E-state index in [1.165, 1.54) is 0 Å². The Morgan fingerprint density at radius 1 is 1.30 bits per heavy atom. The molecule has 1 heterocycles. The lowest BCUT2D eigenvalue weighted by Gasteiger charge is -2.19. The SMILES string of the molecule is COc1cccc2cc(C(C)NC(C)CC(C)O)oc12. The highest BCUT2D eigenvalue weighted by Crippen LogP contribution is 2.31. The van der Waals surface area contributed by atoms with Crippen LogP contribution < -0.4 is 10.1 Å². The normalized spacial score (nSPS) is 16.1. The van der Waals surface area contributed by atoms with Crippen LogP contribution in [0.1, 0.15) is 39.0 Å². The lowest BCUT2D eigenvalue weighted by molar-refractivity contribution is 0.167. The summed E-state index contributed by atoms with van der Waals surface area (Å²) < 4.78 is 11.2. The van der Waals surface area contributed by atoms with Gasteiger partial charge in [-0.2, -0.15) is 0 Å². The smallest absolute Gasteiger partial charge is 0.176 e. The molecule has 0 aliphatic carbocycles. The van der Waals surface area contributed by atoms with E-state index in [4.69, 9.17) is 9.15 Å². The lowest BCUT2D eigenvalue weighted by Crippen LogP contribution is -2.31. The van der Waals surface area contributed by atoms with Crippen LogP contribution in [0.3, 0.4) is 0 Å². The minimum Gasteiger partial charge on any atom is -0.493 e. The van der Waals surface area contributed by atoms with Gasteiger partial charge in [-0.3, -0.25) is 0 Å². The number of aliphatic hydroxyl groups excluding tert-OH is 1. The van der Waals surface area contributed by atoms with Crippen molar-refractivity contribution in [3.8, 4) is 5.75 Å². The minimum atomic E-state index is -0.305. The van der Waals surface area contributed by atoms with E-state index in [2.05, 4.69) is 19.2 Å². The van der Waals surface area contributed by atoms with Gasteiger partial charge in [0, 0.05) is 11.4 Å². The third-order valence-electron chi connectivity index (χ3n) is 3.40. The first-order chi connectivity index (χ1) is 9.51. The van der Waals surface area contributed by atoms with E-state index >= 15 is 0 Å². The van der Waals surface area contributed by atoms with Crippen molar-refractivity contribution in [1.82, 2.24) is 5.32 Å². The van der Waals surface area contributed by atoms with Crippen molar-refractivity contribution in [2.75, 3.05) is 7.11 Å². The molecule has 4 nitrogen and oxygen atoms in total. The molecule has 0 saturated heterocycles. The van der Waals surface area contributed by atoms with Crippen molar-refractivity contribution < 1.29 is 14.3 Å². The number of hydrogen-bond donors (Lipinski definition) is 2. The summed E-state index contributed by atoms with van der Waals surface area (Å²) in [7, 11) is 1.64. The summed E-state index contributed by atoms with van der Waals surface area (Å²) >= 11 is 0. The molecule has 2 rings (SSSR count). The Bertz CT molecular complexity index is 562. The average Bonchev–Trinajstić information content (AvgIpc) is 2.81. The van der Waals surface area contributed by atoms with Crippen LogP contribution in [0.2, 0.25) is 0 Å². The Morgan fingerprint density at radius 3 is 2.70 bits per heavy atom. The van der Waals surface area contributed by atoms with Crippen LogP contribution in [0.4, 0.5) is 0 Å². The first-order valence-corrected chi connectivity index (χ1v) is 7.01. The summed E-state index contributed by atoms with van der Waals surface area (Å²) in [5.74, 6) is 1.62. The largest absolute Gasteiger partial charge is 0.493 e. The van der Waals surface area contributed by atoms with Crippen molar-refractivity contribution in [3.05, 3.63) is 30.0 Å². The lowest BCUT2D eigenvalue weighted by atomic mass is 10.1. The second kappa shape index (κ2) is 6.29. The highest BCUT2D eigenvalue weighted by Gasteiger charge is 2.16. The van der Waals surface area contributed by atoms with Gasteiger partial charge in [0.2, 0.25) is 0 Å². The fourth-order valence-electron chi connectivity index (χ4n) is 2.52. The number of para-hydroxylation sites is 1. The van der Waals surface area contributed by atoms with Gasteiger partial charge in [-0.1, -0.05) is 12.1 Å². The van der Waals surface area contributed by atoms with Crippen molar-refractivity contribution in [2.24, 2.45) is 0 Å². The number of furan rings is 1. The maximum Gasteiger partial charge on any atom is 0.176 e. The Balaban J connectivity index is 2.16. The molecule has 0 aliphatic rings. The molecule has 3 unspecified atom stereocenters. The third kappa shape index (κ3) is 3.32. The number of benzene rings is 1. The molecule has 20 heavy (non-hydrogen) atoms. The molecule has 0 saturated carbocycles. The van der Waals surface area contributed by atoms with Crippen molar-refractivity contribution in [3.63, 3.8) is 0 Å². The van der Waals surface area contributed by atoms with E-state index < -0.39 is 0 Å². The second-order valence-electron chi connectivity index (χ2n) is 5.40. The summed E-state index contributed by atoms with van der Waals surface area (Å²) in [6.45, 7) is 5.92. The maximum atomic E-state index is 9.41. The van der Waals surface area contributed by atoms with Gasteiger partial charge in [0.15, 0.2) is 11.3 Å². The Morgan fingerprint density at radius 2 is 2.05 bits per heavy atom. The van der Waals surface area contributed by atoms with E-state index in [1.54, 1.807) is 14.0 Å². The molecule has 110 valence electrons. The predicted molar refractivity (Wildman–Crippen MR) is 80.1 cm³/mol. The molecule has 2 aromatic rings. The Kier molecular flexibility index (Phi) is 4.68. The molecule has 0 bridgehead atoms. The summed E-state index contributed by atoms with van der Waals surface area (Å²) in [5.41, 5.74) is 0.779. The van der Waals surface area contributed by atoms with Crippen LogP contribution in [0.15, 0.2) is 28.7 Å². The van der Waals surface area contributed by atoms with Gasteiger partial charge in [-0.05, 0) is 39.3 Å². The van der Waals surface area contributed by atoms with Crippen LogP contribution in [0, 0.1) is 0 Å². The quantitative estimate of drug-likeness (QED) is 0.851. The highest BCUT2D eigenvalue weighted by atomic mass is 16.5. The van der Waals surface area contributed by atoms with Crippen LogP contribution in [-0.4, -0.2) is 24.4 Å². The number of fused-ring (bicyclic) bond motifs is 1. The third-order valence-corrected chi connectivity index (χ3v) is 3.40. The number of ether oxygens (including phenoxy) is 1. The molecule has 0 amide bonds. The molecule has 0 spiro atoms. The highest BCUT2D eigenvalue weighted by molar-refractivity contribution is 5.83. The summed E-state index contributed by atoms with van der Waals surface area (Å²) in [6.07, 6.45) is 0.411. The van der Waals surface area contributed by atoms with Crippen LogP contribution in [0.25, 0.3) is 11.0 Å². The van der Waals surface area contributed by atoms with Gasteiger partial charge in [-0.25, -0.2) is 0 Å². The number of aliphatic hydroxyl groups is 1. The average molecular weight is 277 g/mol. The number of methoxy groups -OCH3 is 1. The summed E-state index contributed by atoms with van der Waals surface area (Å²) in [4.78, 5) is 0. The standard InChI is InChI=1S/C16H23NO3/c1-10(8-11(2)18)17-12(3)15-9-13-6-5-7-14(19-4)16(13)20-15/h5-7,9-12,17-18H,8H2,1-4H3. The second-order valence-corrected chi connectivity index (χ2v) is 5.40. The van der Waals surface area contributed by atoms with Crippen molar-refractivity contribution in [2.45, 2.75) is 45.4 Å². The monoisotopic (exact) mass is 277 g/mol. The van der Waals surface area contributed by atoms with Gasteiger partial charge in [0.05, 0.1) is 19.3 Å². The zero-order valence-electron chi connectivity index (χ0n) is 12.5. The first kappa shape index (κ1) is 14.9. The molecule has 0 radical (unpaired) electrons. The number of nitrogens with one attached hydrogen (secondary N) is 1. The molecule has 3 atom stereocenters. The molecule has 0 aliphatic heterocycles. The molecular weight excluding hydrogens is 254 g/mol. The zero-order chi connectivity index (χ0) is 14.7. The van der Waals surface area contributed by atoms with Gasteiger partial charge in [0.1, 0.15) is 5.76 Å². The van der Waals surface area contributed by atoms with Gasteiger partial charge in [-0.15, -0.1) is 0 Å². The summed E-state index contributed by atoms with van der Waals surface area (Å²) in [6, 6.07) is 8.20. The summed E-state index contributed by atoms with van der Waals surface area (Å²) in [5, 5.41) is 13.9. The topological polar surface area (TPSA) is 54.6 Å². The Hall–Kier alpha value is -1.52. The van der Waals surface area contributed by atoms with E-state index in [9.17, 15) is 5.11 Å². The van der Waals surface area contributed by atoms with Crippen molar-refractivity contribution in [1.29, 1.82) is 0 Å². The molecule has 1 aromatic carbocycles. The fourth-order valence-corrected chi connectivity index (χ4v) is 2.52. The van der Waals surface area contributed by atoms with E-state index in [1.807, 2.05) is 24.3 Å². The van der Waals surface area contributed by atoms with Gasteiger partial charge in [0.25, 0.3) is 0 Å². The predicted octanol–water partition coefficient (Wildman–Crippen LogP) is 3.25. The maximum absolute atomic E-state index is 9.41. The fraction of sp³-hybridized carbons (Fsp3) is 0.500. The van der Waals surface area contributed by atoms with Crippen LogP contribution in [-0.2, 0) is 0 Å². The Labute approximate surface area is 119 Å². The zero-order valence-corrected chi connectivity index (χ0v) is 12.5. The molecule has 2 N–H and O–H groups in total. The van der Waals surface area contributed by atoms with E-state index in [0.717, 1.165) is 22.5 Å². The van der Waals surface area contributed by atoms with Gasteiger partial charge >= 0.3 is 0 Å². The first-order valence-electron chi connectivity index (χ1n) is 7.01. The van der Waals surface area contributed by atoms with Crippen LogP contribution >= 0.6 is 0 Å². The molecule has 4 heteroatoms. The van der Waals surface area contributed by atoms with E-state index in [-0.39, 0.29) is 18.2 Å². The molecular formula is C16H23NO3. The minimum absolute atomic E-state index is 0.0841. The molecule has 0 fully saturated rings. The van der Waals surface area contributed by atoms with Crippen LogP contribution in [0.5, 0.6) is 5.75 Å². The molecule has 1 aromatic heterocycles. The number of rotatable bonds is 6. The van der Waals surface area contributed by atoms with E-state index in [0.29, 0.717) is 6.42 Å². The van der Waals surface area contributed by atoms with Gasteiger partial charge < -0.3 is 19.6 Å².